The van der Waals surface area contributed by atoms with Gasteiger partial charge in [0.1, 0.15) is 54.1 Å². The van der Waals surface area contributed by atoms with Gasteiger partial charge in [0, 0.05) is 32.4 Å². The Labute approximate surface area is 470 Å². The predicted molar refractivity (Wildman–Crippen MR) is 297 cm³/mol. The Hall–Kier alpha value is -8.31. The zero-order valence-corrected chi connectivity index (χ0v) is 47.1. The Balaban J connectivity index is 3.55. The third kappa shape index (κ3) is 27.9. The van der Waals surface area contributed by atoms with Crippen LogP contribution in [0, 0.1) is 17.8 Å². The number of phenols is 1. The minimum atomic E-state index is -1.50. The Morgan fingerprint density at radius 3 is 1.43 bits per heavy atom. The molecule has 0 radical (unpaired) electrons. The number of nitrogens with one attached hydrogen (secondary N) is 8. The molecule has 0 bridgehead atoms. The van der Waals surface area contributed by atoms with Gasteiger partial charge in [0.2, 0.25) is 53.2 Å². The summed E-state index contributed by atoms with van der Waals surface area (Å²) in [5, 5.41) is 49.4. The van der Waals surface area contributed by atoms with Gasteiger partial charge in [-0.25, -0.2) is 4.79 Å². The maximum Gasteiger partial charge on any atom is 0.326 e. The normalized spacial score (nSPS) is 14.7. The third-order valence-corrected chi connectivity index (χ3v) is 12.6. The number of hydrogen-bond donors (Lipinski definition) is 17. The van der Waals surface area contributed by atoms with Crippen LogP contribution in [0.4, 0.5) is 0 Å². The monoisotopic (exact) mass is 1150 g/mol. The van der Waals surface area contributed by atoms with Gasteiger partial charge in [0.05, 0.1) is 6.04 Å². The fraction of sp³-hybridized carbons (Fsp3) is 0.627. The molecule has 0 aliphatic carbocycles. The number of carboxylic acids is 2. The van der Waals surface area contributed by atoms with Crippen molar-refractivity contribution in [2.24, 2.45) is 62.1 Å². The standard InChI is InChI=1S/C51H86N16O14/c1-8-27(6)40(67-46(77)36(24-29-13-15-30(68)16-14-29)66-44(75)33(18-20-38(70)71)62-47(78)39(53)26(4)5)48(79)63-31(11-9-21-58-50(54)55)42(73)60-28(7)41(72)65-35(23-25(2)3)45(76)61-32(17-19-37(52)69)43(74)64-34(49(80)81)12-10-22-59-51(56)57/h13-16,25-28,31-36,39-40,68H,8-12,17-24,53H2,1-7H3,(H2,52,69)(H,60,73)(H,61,76)(H,62,78)(H,63,79)(H,64,74)(H,65,72)(H,66,75)(H,67,77)(H,70,71)(H,80,81)(H4,54,55,58)(H4,56,57,59)/t27-,28-,31-,32-,33-,34-,35-,36-,39-,40-/m0/s1. The second-order valence-corrected chi connectivity index (χ2v) is 20.4. The highest BCUT2D eigenvalue weighted by Gasteiger charge is 2.36. The van der Waals surface area contributed by atoms with Crippen LogP contribution in [0.15, 0.2) is 34.3 Å². The molecule has 10 atom stereocenters. The summed E-state index contributed by atoms with van der Waals surface area (Å²) in [5.41, 5.74) is 33.4. The van der Waals surface area contributed by atoms with Crippen molar-refractivity contribution in [2.45, 2.75) is 173 Å². The Kier molecular flexibility index (Phi) is 31.5. The number of carbonyl (C=O) groups excluding carboxylic acids is 9. The summed E-state index contributed by atoms with van der Waals surface area (Å²) in [6.07, 6.45) is -1.59. The molecule has 0 saturated carbocycles. The molecule has 0 heterocycles. The van der Waals surface area contributed by atoms with E-state index >= 15 is 0 Å². The minimum absolute atomic E-state index is 0.000347. The Morgan fingerprint density at radius 2 is 0.951 bits per heavy atom. The molecule has 81 heavy (non-hydrogen) atoms. The zero-order chi connectivity index (χ0) is 61.7. The average Bonchev–Trinajstić information content (AvgIpc) is 3.38. The SMILES string of the molecule is CC[C@H](C)[C@H](NC(=O)[C@H](Cc1ccc(O)cc1)NC(=O)[C@H](CCC(=O)O)NC(=O)[C@@H](N)C(C)C)C(=O)N[C@@H](CCCN=C(N)N)C(=O)N[C@@H](C)C(=O)N[C@@H](CC(C)C)C(=O)N[C@@H](CCC(N)=O)C(=O)N[C@@H](CCCN=C(N)N)C(=O)O. The first kappa shape index (κ1) is 70.7. The van der Waals surface area contributed by atoms with Crippen LogP contribution < -0.4 is 76.9 Å². The number of aliphatic carboxylic acids is 2. The van der Waals surface area contributed by atoms with Gasteiger partial charge in [-0.05, 0) is 87.3 Å². The quantitative estimate of drug-likeness (QED) is 0.0172. The van der Waals surface area contributed by atoms with Crippen molar-refractivity contribution < 1.29 is 68.1 Å². The van der Waals surface area contributed by atoms with Gasteiger partial charge >= 0.3 is 11.9 Å². The smallest absolute Gasteiger partial charge is 0.326 e. The molecule has 1 rings (SSSR count). The van der Waals surface area contributed by atoms with Crippen molar-refractivity contribution in [1.82, 2.24) is 42.5 Å². The van der Waals surface area contributed by atoms with E-state index in [1.54, 1.807) is 41.5 Å². The molecule has 30 nitrogen and oxygen atoms in total. The number of rotatable bonds is 38. The Morgan fingerprint density at radius 1 is 0.519 bits per heavy atom. The van der Waals surface area contributed by atoms with Crippen molar-refractivity contribution >= 4 is 77.0 Å². The lowest BCUT2D eigenvalue weighted by Crippen LogP contribution is -2.61. The molecule has 30 heteroatoms. The number of primary amides is 1. The summed E-state index contributed by atoms with van der Waals surface area (Å²) < 4.78 is 0. The fourth-order valence-corrected chi connectivity index (χ4v) is 7.69. The Bertz CT molecular complexity index is 2360. The van der Waals surface area contributed by atoms with Crippen molar-refractivity contribution in [3.8, 4) is 5.75 Å². The predicted octanol–water partition coefficient (Wildman–Crippen LogP) is -3.77. The number of nitrogens with zero attached hydrogens (tertiary/aromatic N) is 2. The zero-order valence-electron chi connectivity index (χ0n) is 47.1. The first-order valence-electron chi connectivity index (χ1n) is 26.7. The fourth-order valence-electron chi connectivity index (χ4n) is 7.69. The summed E-state index contributed by atoms with van der Waals surface area (Å²) >= 11 is 0. The number of guanidine groups is 2. The number of hydrogen-bond acceptors (Lipinski definition) is 15. The lowest BCUT2D eigenvalue weighted by atomic mass is 9.96. The van der Waals surface area contributed by atoms with Crippen LogP contribution in [0.5, 0.6) is 5.75 Å². The van der Waals surface area contributed by atoms with Gasteiger partial charge in [-0.15, -0.1) is 0 Å². The van der Waals surface area contributed by atoms with E-state index in [4.69, 9.17) is 34.4 Å². The van der Waals surface area contributed by atoms with E-state index < -0.39 is 138 Å². The molecule has 0 spiro atoms. The van der Waals surface area contributed by atoms with E-state index in [2.05, 4.69) is 52.5 Å². The lowest BCUT2D eigenvalue weighted by molar-refractivity contribution is -0.142. The van der Waals surface area contributed by atoms with Gasteiger partial charge < -0.3 is 92.3 Å². The molecular formula is C51H86N16O14. The maximum atomic E-state index is 14.4. The minimum Gasteiger partial charge on any atom is -0.508 e. The van der Waals surface area contributed by atoms with Gasteiger partial charge in [0.15, 0.2) is 11.9 Å². The van der Waals surface area contributed by atoms with Crippen LogP contribution in [0.3, 0.4) is 0 Å². The van der Waals surface area contributed by atoms with Gasteiger partial charge in [-0.2, -0.15) is 0 Å². The highest BCUT2D eigenvalue weighted by atomic mass is 16.4. The van der Waals surface area contributed by atoms with Crippen LogP contribution in [0.1, 0.15) is 118 Å². The topological polar surface area (TPSA) is 526 Å². The van der Waals surface area contributed by atoms with E-state index in [0.29, 0.717) is 5.56 Å². The molecule has 23 N–H and O–H groups in total. The molecule has 0 saturated heterocycles. The molecule has 0 aliphatic heterocycles. The molecule has 0 fully saturated rings. The first-order valence-corrected chi connectivity index (χ1v) is 26.7. The van der Waals surface area contributed by atoms with Crippen molar-refractivity contribution in [2.75, 3.05) is 13.1 Å². The molecule has 1 aromatic carbocycles. The van der Waals surface area contributed by atoms with E-state index in [9.17, 15) is 68.1 Å². The number of carbonyl (C=O) groups is 11. The van der Waals surface area contributed by atoms with E-state index in [1.807, 2.05) is 0 Å². The third-order valence-electron chi connectivity index (χ3n) is 12.6. The average molecular weight is 1150 g/mol. The summed E-state index contributed by atoms with van der Waals surface area (Å²) in [6.45, 7) is 11.5. The van der Waals surface area contributed by atoms with Gasteiger partial charge in [-0.1, -0.05) is 60.1 Å². The van der Waals surface area contributed by atoms with Crippen molar-refractivity contribution in [1.29, 1.82) is 0 Å². The number of aromatic hydroxyl groups is 1. The van der Waals surface area contributed by atoms with Crippen LogP contribution in [-0.2, 0) is 59.2 Å². The lowest BCUT2D eigenvalue weighted by Gasteiger charge is -2.29. The molecule has 454 valence electrons. The van der Waals surface area contributed by atoms with Crippen LogP contribution in [0.2, 0.25) is 0 Å². The molecular weight excluding hydrogens is 1060 g/mol. The van der Waals surface area contributed by atoms with Crippen LogP contribution in [0.25, 0.3) is 0 Å². The van der Waals surface area contributed by atoms with Gasteiger partial charge in [-0.3, -0.25) is 57.9 Å². The van der Waals surface area contributed by atoms with Crippen LogP contribution >= 0.6 is 0 Å². The first-order chi connectivity index (χ1) is 37.9. The summed E-state index contributed by atoms with van der Waals surface area (Å²) in [5.74, 6) is -12.4. The van der Waals surface area contributed by atoms with Crippen molar-refractivity contribution in [3.63, 3.8) is 0 Å². The van der Waals surface area contributed by atoms with E-state index in [-0.39, 0.29) is 100 Å². The molecule has 9 amide bonds. The number of phenolic OH excluding ortho intramolecular Hbond substituents is 1. The van der Waals surface area contributed by atoms with Gasteiger partial charge in [0.25, 0.3) is 0 Å². The summed E-state index contributed by atoms with van der Waals surface area (Å²) in [7, 11) is 0. The number of carboxylic acid groups (broad SMARTS) is 2. The second kappa shape index (κ2) is 36.0. The highest BCUT2D eigenvalue weighted by molar-refractivity contribution is 5.98. The van der Waals surface area contributed by atoms with E-state index in [1.165, 1.54) is 31.2 Å². The second-order valence-electron chi connectivity index (χ2n) is 20.4. The molecule has 0 aromatic heterocycles. The molecule has 1 aromatic rings. The number of nitrogens with two attached hydrogens (primary N) is 6. The molecule has 0 aliphatic rings. The highest BCUT2D eigenvalue weighted by Crippen LogP contribution is 2.16. The maximum absolute atomic E-state index is 14.4. The summed E-state index contributed by atoms with van der Waals surface area (Å²) in [4.78, 5) is 154. The molecule has 0 unspecified atom stereocenters. The van der Waals surface area contributed by atoms with E-state index in [0.717, 1.165) is 0 Å². The number of aliphatic imine (C=N–C) groups is 2. The largest absolute Gasteiger partial charge is 0.508 e. The summed E-state index contributed by atoms with van der Waals surface area (Å²) in [6, 6.07) is -6.89. The number of amides is 9. The number of benzene rings is 1. The van der Waals surface area contributed by atoms with Crippen molar-refractivity contribution in [3.05, 3.63) is 29.8 Å². The van der Waals surface area contributed by atoms with Crippen LogP contribution in [-0.4, -0.2) is 160 Å².